The summed E-state index contributed by atoms with van der Waals surface area (Å²) in [4.78, 5) is 26.1. The predicted molar refractivity (Wildman–Crippen MR) is 125 cm³/mol. The molecule has 11 heteroatoms. The number of hydrogen-bond acceptors (Lipinski definition) is 7. The quantitative estimate of drug-likeness (QED) is 0.545. The summed E-state index contributed by atoms with van der Waals surface area (Å²) in [7, 11) is -2.16. The summed E-state index contributed by atoms with van der Waals surface area (Å²) in [6, 6.07) is 8.10. The van der Waals surface area contributed by atoms with Gasteiger partial charge in [-0.3, -0.25) is 20.4 Å². The van der Waals surface area contributed by atoms with E-state index in [1.165, 1.54) is 28.8 Å². The van der Waals surface area contributed by atoms with E-state index >= 15 is 0 Å². The number of piperidine rings is 1. The fraction of sp³-hybridized carbons (Fsp3) is 0.455. The minimum atomic E-state index is -3.64. The van der Waals surface area contributed by atoms with Gasteiger partial charge in [0.2, 0.25) is 5.91 Å². The molecule has 1 aliphatic heterocycles. The summed E-state index contributed by atoms with van der Waals surface area (Å²) in [6.45, 7) is 4.79. The van der Waals surface area contributed by atoms with Crippen LogP contribution in [0.2, 0.25) is 0 Å². The molecule has 9 nitrogen and oxygen atoms in total. The van der Waals surface area contributed by atoms with Crippen molar-refractivity contribution < 1.29 is 27.5 Å². The third-order valence-electron chi connectivity index (χ3n) is 5.25. The summed E-state index contributed by atoms with van der Waals surface area (Å²) in [5.41, 5.74) is 5.11. The van der Waals surface area contributed by atoms with E-state index in [1.807, 2.05) is 13.8 Å². The predicted octanol–water partition coefficient (Wildman–Crippen LogP) is 2.72. The largest absolute Gasteiger partial charge is 0.493 e. The highest BCUT2D eigenvalue weighted by Crippen LogP contribution is 2.29. The Morgan fingerprint density at radius 1 is 1.18 bits per heavy atom. The van der Waals surface area contributed by atoms with Crippen LogP contribution in [-0.4, -0.2) is 51.3 Å². The highest BCUT2D eigenvalue weighted by Gasteiger charge is 2.34. The van der Waals surface area contributed by atoms with Gasteiger partial charge in [-0.05, 0) is 56.5 Å². The maximum Gasteiger partial charge on any atom is 0.269 e. The molecule has 3 rings (SSSR count). The molecule has 1 aromatic heterocycles. The second-order valence-corrected chi connectivity index (χ2v) is 11.2. The van der Waals surface area contributed by atoms with Gasteiger partial charge in [-0.1, -0.05) is 6.92 Å². The zero-order valence-corrected chi connectivity index (χ0v) is 20.6. The van der Waals surface area contributed by atoms with E-state index in [0.717, 1.165) is 11.3 Å². The van der Waals surface area contributed by atoms with E-state index in [4.69, 9.17) is 9.47 Å². The SMILES string of the molecule is CCCOc1ccc(C(=O)NNC(=O)C2CCCN(S(=O)(=O)c3ccc(C)s3)C2)cc1OC. The molecule has 1 saturated heterocycles. The van der Waals surface area contributed by atoms with Crippen LogP contribution in [0.4, 0.5) is 0 Å². The topological polar surface area (TPSA) is 114 Å². The van der Waals surface area contributed by atoms with E-state index in [2.05, 4.69) is 10.9 Å². The Morgan fingerprint density at radius 2 is 1.97 bits per heavy atom. The molecular weight excluding hydrogens is 466 g/mol. The molecule has 2 amide bonds. The number of nitrogens with zero attached hydrogens (tertiary/aromatic N) is 1. The van der Waals surface area contributed by atoms with E-state index in [-0.39, 0.29) is 16.3 Å². The lowest BCUT2D eigenvalue weighted by atomic mass is 9.99. The Bertz CT molecular complexity index is 1100. The number of ether oxygens (including phenoxy) is 2. The van der Waals surface area contributed by atoms with Crippen LogP contribution < -0.4 is 20.3 Å². The number of thiophene rings is 1. The van der Waals surface area contributed by atoms with Gasteiger partial charge < -0.3 is 9.47 Å². The molecule has 2 heterocycles. The van der Waals surface area contributed by atoms with Crippen LogP contribution >= 0.6 is 11.3 Å². The molecule has 2 N–H and O–H groups in total. The zero-order valence-electron chi connectivity index (χ0n) is 18.9. The van der Waals surface area contributed by atoms with Crippen molar-refractivity contribution in [1.82, 2.24) is 15.2 Å². The minimum absolute atomic E-state index is 0.0677. The van der Waals surface area contributed by atoms with Crippen LogP contribution in [0.3, 0.4) is 0 Å². The molecule has 0 saturated carbocycles. The van der Waals surface area contributed by atoms with E-state index in [1.54, 1.807) is 24.3 Å². The van der Waals surface area contributed by atoms with Crippen molar-refractivity contribution in [3.8, 4) is 11.5 Å². The Morgan fingerprint density at radius 3 is 2.64 bits per heavy atom. The lowest BCUT2D eigenvalue weighted by Gasteiger charge is -2.30. The molecule has 0 bridgehead atoms. The standard InChI is InChI=1S/C22H29N3O6S2/c1-4-12-31-18-9-8-16(13-19(18)30-3)21(26)23-24-22(27)17-6-5-11-25(14-17)33(28,29)20-10-7-15(2)32-20/h7-10,13,17H,4-6,11-12,14H2,1-3H3,(H,23,26)(H,24,27). The number of benzene rings is 1. The fourth-order valence-corrected chi connectivity index (χ4v) is 6.45. The Labute approximate surface area is 198 Å². The van der Waals surface area contributed by atoms with Gasteiger partial charge in [0.1, 0.15) is 4.21 Å². The Kier molecular flexibility index (Phi) is 8.33. The lowest BCUT2D eigenvalue weighted by Crippen LogP contribution is -2.49. The van der Waals surface area contributed by atoms with E-state index in [9.17, 15) is 18.0 Å². The van der Waals surface area contributed by atoms with Gasteiger partial charge in [-0.2, -0.15) is 4.31 Å². The van der Waals surface area contributed by atoms with Crippen molar-refractivity contribution in [1.29, 1.82) is 0 Å². The molecule has 0 radical (unpaired) electrons. The molecule has 1 atom stereocenters. The Hall–Kier alpha value is -2.63. The van der Waals surface area contributed by atoms with Crippen LogP contribution in [-0.2, 0) is 14.8 Å². The highest BCUT2D eigenvalue weighted by molar-refractivity contribution is 7.91. The average molecular weight is 496 g/mol. The molecule has 1 aliphatic rings. The maximum atomic E-state index is 12.9. The summed E-state index contributed by atoms with van der Waals surface area (Å²) in [5.74, 6) is -0.559. The number of carbonyl (C=O) groups is 2. The number of amides is 2. The van der Waals surface area contributed by atoms with Gasteiger partial charge in [-0.15, -0.1) is 11.3 Å². The third-order valence-corrected chi connectivity index (χ3v) is 8.58. The number of carbonyl (C=O) groups excluding carboxylic acids is 2. The second-order valence-electron chi connectivity index (χ2n) is 7.72. The summed E-state index contributed by atoms with van der Waals surface area (Å²) >= 11 is 1.21. The van der Waals surface area contributed by atoms with Gasteiger partial charge in [-0.25, -0.2) is 8.42 Å². The van der Waals surface area contributed by atoms with Crippen LogP contribution in [0.15, 0.2) is 34.5 Å². The molecule has 1 unspecified atom stereocenters. The van der Waals surface area contributed by atoms with Crippen molar-refractivity contribution in [2.45, 2.75) is 37.3 Å². The van der Waals surface area contributed by atoms with Gasteiger partial charge in [0.05, 0.1) is 19.6 Å². The molecule has 33 heavy (non-hydrogen) atoms. The number of hydrogen-bond donors (Lipinski definition) is 2. The number of aryl methyl sites for hydroxylation is 1. The lowest BCUT2D eigenvalue weighted by molar-refractivity contribution is -0.126. The molecular formula is C22H29N3O6S2. The minimum Gasteiger partial charge on any atom is -0.493 e. The number of methoxy groups -OCH3 is 1. The molecule has 1 fully saturated rings. The van der Waals surface area contributed by atoms with Gasteiger partial charge in [0, 0.05) is 23.5 Å². The second kappa shape index (κ2) is 11.0. The summed E-state index contributed by atoms with van der Waals surface area (Å²) in [5, 5.41) is 0. The number of nitrogens with one attached hydrogen (secondary N) is 2. The first kappa shape index (κ1) is 25.0. The molecule has 0 spiro atoms. The smallest absolute Gasteiger partial charge is 0.269 e. The fourth-order valence-electron chi connectivity index (χ4n) is 3.49. The first-order valence-electron chi connectivity index (χ1n) is 10.7. The van der Waals surface area contributed by atoms with E-state index < -0.39 is 27.8 Å². The molecule has 180 valence electrons. The molecule has 2 aromatic rings. The van der Waals surface area contributed by atoms with Gasteiger partial charge in [0.25, 0.3) is 15.9 Å². The van der Waals surface area contributed by atoms with Crippen LogP contribution in [0.25, 0.3) is 0 Å². The van der Waals surface area contributed by atoms with Crippen molar-refractivity contribution in [3.63, 3.8) is 0 Å². The normalized spacial score (nSPS) is 16.8. The van der Waals surface area contributed by atoms with Crippen molar-refractivity contribution in [3.05, 3.63) is 40.8 Å². The van der Waals surface area contributed by atoms with Crippen molar-refractivity contribution in [2.75, 3.05) is 26.8 Å². The highest BCUT2D eigenvalue weighted by atomic mass is 32.2. The van der Waals surface area contributed by atoms with E-state index in [0.29, 0.717) is 37.5 Å². The third kappa shape index (κ3) is 6.04. The first-order valence-corrected chi connectivity index (χ1v) is 13.0. The molecule has 1 aromatic carbocycles. The number of hydrazine groups is 1. The molecule has 0 aliphatic carbocycles. The summed E-state index contributed by atoms with van der Waals surface area (Å²) < 4.78 is 38.2. The maximum absolute atomic E-state index is 12.9. The van der Waals surface area contributed by atoms with Gasteiger partial charge >= 0.3 is 0 Å². The zero-order chi connectivity index (χ0) is 24.0. The van der Waals surface area contributed by atoms with Crippen molar-refractivity contribution >= 4 is 33.2 Å². The monoisotopic (exact) mass is 495 g/mol. The number of rotatable bonds is 8. The first-order chi connectivity index (χ1) is 15.8. The van der Waals surface area contributed by atoms with Crippen LogP contribution in [0, 0.1) is 12.8 Å². The van der Waals surface area contributed by atoms with Crippen LogP contribution in [0.1, 0.15) is 41.4 Å². The summed E-state index contributed by atoms with van der Waals surface area (Å²) in [6.07, 6.45) is 1.94. The Balaban J connectivity index is 1.59. The average Bonchev–Trinajstić information content (AvgIpc) is 3.28. The van der Waals surface area contributed by atoms with Crippen molar-refractivity contribution in [2.24, 2.45) is 5.92 Å². The van der Waals surface area contributed by atoms with Crippen LogP contribution in [0.5, 0.6) is 11.5 Å². The van der Waals surface area contributed by atoms with Gasteiger partial charge in [0.15, 0.2) is 11.5 Å². The number of sulfonamides is 1.